The molecule has 1 N–H and O–H groups in total. The second kappa shape index (κ2) is 8.69. The fourth-order valence-corrected chi connectivity index (χ4v) is 3.91. The van der Waals surface area contributed by atoms with Crippen LogP contribution in [0.25, 0.3) is 0 Å². The van der Waals surface area contributed by atoms with Crippen LogP contribution in [0, 0.1) is 23.4 Å². The monoisotopic (exact) mass is 462 g/mol. The summed E-state index contributed by atoms with van der Waals surface area (Å²) < 4.78 is 103. The maximum Gasteiger partial charge on any atom is 0.392 e. The van der Waals surface area contributed by atoms with E-state index in [-0.39, 0.29) is 19.2 Å². The third kappa shape index (κ3) is 5.47. The summed E-state index contributed by atoms with van der Waals surface area (Å²) in [4.78, 5) is 11.7. The molecule has 5 nitrogen and oxygen atoms in total. The highest BCUT2D eigenvalue weighted by atomic mass is 32.2. The minimum Gasteiger partial charge on any atom is -0.345 e. The molecule has 0 radical (unpaired) electrons. The molecule has 0 unspecified atom stereocenters. The number of hydrogen-bond donors (Lipinski definition) is 1. The van der Waals surface area contributed by atoms with Crippen LogP contribution in [0.1, 0.15) is 17.4 Å². The van der Waals surface area contributed by atoms with E-state index in [9.17, 15) is 39.6 Å². The molecule has 1 heterocycles. The Bertz CT molecular complexity index is 1020. The van der Waals surface area contributed by atoms with Crippen LogP contribution < -0.4 is 5.32 Å². The quantitative estimate of drug-likeness (QED) is 0.543. The first kappa shape index (κ1) is 24.9. The van der Waals surface area contributed by atoms with Crippen molar-refractivity contribution in [1.29, 1.82) is 0 Å². The van der Waals surface area contributed by atoms with Gasteiger partial charge in [0.2, 0.25) is 0 Å². The first-order chi connectivity index (χ1) is 12.7. The van der Waals surface area contributed by atoms with Crippen molar-refractivity contribution in [1.82, 2.24) is 4.57 Å². The highest BCUT2D eigenvalue weighted by molar-refractivity contribution is 7.91. The van der Waals surface area contributed by atoms with Gasteiger partial charge in [0.1, 0.15) is 5.69 Å². The highest BCUT2D eigenvalue weighted by Gasteiger charge is 2.39. The van der Waals surface area contributed by atoms with Gasteiger partial charge >= 0.3 is 6.18 Å². The number of nitrogens with zero attached hydrogens (tertiary/aromatic N) is 1. The van der Waals surface area contributed by atoms with Crippen LogP contribution in [0.5, 0.6) is 0 Å². The van der Waals surface area contributed by atoms with E-state index in [0.717, 1.165) is 22.9 Å². The molecular formula is C16H16F6N2O3S2. The molecule has 1 aromatic carbocycles. The van der Waals surface area contributed by atoms with Gasteiger partial charge in [0.25, 0.3) is 5.91 Å². The fraction of sp³-hybridized carbons (Fsp3) is 0.312. The highest BCUT2D eigenvalue weighted by Crippen LogP contribution is 2.29. The first-order valence-electron chi connectivity index (χ1n) is 7.64. The zero-order valence-electron chi connectivity index (χ0n) is 14.9. The molecule has 0 saturated heterocycles. The van der Waals surface area contributed by atoms with Crippen LogP contribution in [-0.2, 0) is 16.9 Å². The number of benzene rings is 1. The lowest BCUT2D eigenvalue weighted by molar-refractivity contribution is -0.163. The summed E-state index contributed by atoms with van der Waals surface area (Å²) in [5, 5.41) is 1.95. The van der Waals surface area contributed by atoms with Crippen LogP contribution >= 0.6 is 13.5 Å². The van der Waals surface area contributed by atoms with Crippen LogP contribution in [0.4, 0.5) is 32.0 Å². The molecule has 13 heteroatoms. The normalized spacial score (nSPS) is 13.0. The molecule has 1 amide bonds. The van der Waals surface area contributed by atoms with Crippen molar-refractivity contribution in [3.63, 3.8) is 0 Å². The van der Waals surface area contributed by atoms with E-state index in [1.807, 2.05) is 5.32 Å². The molecule has 1 atom stereocenters. The van der Waals surface area contributed by atoms with Crippen molar-refractivity contribution in [2.75, 3.05) is 11.1 Å². The third-order valence-electron chi connectivity index (χ3n) is 3.88. The van der Waals surface area contributed by atoms with E-state index in [2.05, 4.69) is 0 Å². The van der Waals surface area contributed by atoms with Crippen molar-refractivity contribution in [3.05, 3.63) is 47.5 Å². The van der Waals surface area contributed by atoms with Gasteiger partial charge in [-0.15, -0.1) is 0 Å². The number of amides is 1. The van der Waals surface area contributed by atoms with Gasteiger partial charge in [0.05, 0.1) is 22.3 Å². The number of hydrogen-bond acceptors (Lipinski definition) is 3. The van der Waals surface area contributed by atoms with E-state index in [1.54, 1.807) is 0 Å². The zero-order chi connectivity index (χ0) is 21.4. The molecule has 0 aliphatic heterocycles. The molecule has 2 rings (SSSR count). The van der Waals surface area contributed by atoms with Gasteiger partial charge in [0.15, 0.2) is 27.3 Å². The van der Waals surface area contributed by atoms with Gasteiger partial charge in [-0.3, -0.25) is 4.79 Å². The minimum absolute atomic E-state index is 0. The predicted molar refractivity (Wildman–Crippen MR) is 97.3 cm³/mol. The number of aromatic nitrogens is 1. The molecule has 29 heavy (non-hydrogen) atoms. The Hall–Kier alpha value is -2.15. The minimum atomic E-state index is -4.72. The molecule has 0 aliphatic carbocycles. The summed E-state index contributed by atoms with van der Waals surface area (Å²) >= 11 is 0. The Morgan fingerprint density at radius 1 is 1.17 bits per heavy atom. The number of alkyl halides is 3. The van der Waals surface area contributed by atoms with E-state index in [4.69, 9.17) is 0 Å². The second-order valence-corrected chi connectivity index (χ2v) is 8.11. The molecular weight excluding hydrogens is 446 g/mol. The van der Waals surface area contributed by atoms with Crippen molar-refractivity contribution >= 4 is 34.9 Å². The van der Waals surface area contributed by atoms with Gasteiger partial charge in [0, 0.05) is 13.2 Å². The number of carbonyl (C=O) groups excluding carboxylic acids is 1. The average molecular weight is 462 g/mol. The smallest absolute Gasteiger partial charge is 0.345 e. The lowest BCUT2D eigenvalue weighted by atomic mass is 10.2. The molecule has 0 saturated carbocycles. The summed E-state index contributed by atoms with van der Waals surface area (Å²) in [5.41, 5.74) is -1.04. The van der Waals surface area contributed by atoms with E-state index >= 15 is 0 Å². The van der Waals surface area contributed by atoms with Crippen LogP contribution in [0.3, 0.4) is 0 Å². The van der Waals surface area contributed by atoms with Crippen molar-refractivity contribution in [2.45, 2.75) is 18.0 Å². The summed E-state index contributed by atoms with van der Waals surface area (Å²) in [6.07, 6.45) is -3.79. The van der Waals surface area contributed by atoms with Crippen LogP contribution in [-0.4, -0.2) is 30.8 Å². The molecule has 0 bridgehead atoms. The molecule has 0 aliphatic rings. The Kier molecular flexibility index (Phi) is 7.46. The van der Waals surface area contributed by atoms with E-state index < -0.39 is 61.6 Å². The largest absolute Gasteiger partial charge is 0.392 e. The van der Waals surface area contributed by atoms with Gasteiger partial charge < -0.3 is 9.88 Å². The molecule has 0 spiro atoms. The number of sulfone groups is 1. The summed E-state index contributed by atoms with van der Waals surface area (Å²) in [6, 6.07) is 2.15. The molecule has 1 aromatic heterocycles. The van der Waals surface area contributed by atoms with E-state index in [1.165, 1.54) is 7.05 Å². The molecule has 2 aromatic rings. The van der Waals surface area contributed by atoms with Gasteiger partial charge in [-0.2, -0.15) is 26.7 Å². The number of rotatable bonds is 5. The zero-order valence-corrected chi connectivity index (χ0v) is 16.8. The Labute approximate surface area is 169 Å². The maximum atomic E-state index is 13.6. The standard InChI is InChI=1S/C16H14F6N2O3S.H2S/c1-8(16(20,21)22)7-28(26,27)9-5-12(24(2)6-9)15(25)23-11-4-3-10(17)13(18)14(11)19;/h3-6,8H,7H2,1-2H3,(H,23,25);1H2/t8-;/m1./s1. The SMILES string of the molecule is C[C@H](CS(=O)(=O)c1cc(C(=O)Nc2ccc(F)c(F)c2F)n(C)c1)C(F)(F)F.S. The summed E-state index contributed by atoms with van der Waals surface area (Å²) in [5.74, 6) is -9.37. The maximum absolute atomic E-state index is 13.6. The van der Waals surface area contributed by atoms with Gasteiger partial charge in [-0.25, -0.2) is 21.6 Å². The van der Waals surface area contributed by atoms with Gasteiger partial charge in [-0.05, 0) is 18.2 Å². The molecule has 162 valence electrons. The van der Waals surface area contributed by atoms with Crippen LogP contribution in [0.2, 0.25) is 0 Å². The third-order valence-corrected chi connectivity index (χ3v) is 5.76. The van der Waals surface area contributed by atoms with Crippen molar-refractivity contribution < 1.29 is 39.6 Å². The topological polar surface area (TPSA) is 68.2 Å². The number of nitrogens with one attached hydrogen (secondary N) is 1. The Morgan fingerprint density at radius 3 is 2.31 bits per heavy atom. The predicted octanol–water partition coefficient (Wildman–Crippen LogP) is 3.78. The fourth-order valence-electron chi connectivity index (χ4n) is 2.26. The lowest BCUT2D eigenvalue weighted by Crippen LogP contribution is -2.27. The summed E-state index contributed by atoms with van der Waals surface area (Å²) in [6.45, 7) is 0.708. The first-order valence-corrected chi connectivity index (χ1v) is 9.30. The van der Waals surface area contributed by atoms with E-state index in [0.29, 0.717) is 13.0 Å². The number of aryl methyl sites for hydroxylation is 1. The lowest BCUT2D eigenvalue weighted by Gasteiger charge is -2.14. The van der Waals surface area contributed by atoms with Gasteiger partial charge in [-0.1, -0.05) is 6.92 Å². The van der Waals surface area contributed by atoms with Crippen LogP contribution in [0.15, 0.2) is 29.3 Å². The average Bonchev–Trinajstić information content (AvgIpc) is 2.97. The number of anilines is 1. The summed E-state index contributed by atoms with van der Waals surface area (Å²) in [7, 11) is -3.14. The second-order valence-electron chi connectivity index (χ2n) is 6.07. The Morgan fingerprint density at radius 2 is 1.76 bits per heavy atom. The number of carbonyl (C=O) groups is 1. The Balaban J connectivity index is 0.00000420. The van der Waals surface area contributed by atoms with Crippen molar-refractivity contribution in [2.24, 2.45) is 13.0 Å². The van der Waals surface area contributed by atoms with Crippen molar-refractivity contribution in [3.8, 4) is 0 Å². The molecule has 0 fully saturated rings. The number of halogens is 6.